The van der Waals surface area contributed by atoms with Crippen LogP contribution >= 0.6 is 0 Å². The van der Waals surface area contributed by atoms with Gasteiger partial charge in [-0.25, -0.2) is 9.69 Å². The quantitative estimate of drug-likeness (QED) is 0.254. The number of para-hydroxylation sites is 2. The number of amides is 2. The summed E-state index contributed by atoms with van der Waals surface area (Å²) >= 11 is 0. The topological polar surface area (TPSA) is 62.4 Å². The number of hydrogen-bond donors (Lipinski definition) is 1. The summed E-state index contributed by atoms with van der Waals surface area (Å²) in [5, 5.41) is 1.05. The Bertz CT molecular complexity index is 1680. The molecule has 1 aromatic heterocycles. The summed E-state index contributed by atoms with van der Waals surface area (Å²) in [6, 6.07) is 36.0. The van der Waals surface area contributed by atoms with E-state index in [4.69, 9.17) is 4.74 Å². The van der Waals surface area contributed by atoms with Gasteiger partial charge in [0.25, 0.3) is 0 Å². The number of aromatic nitrogens is 1. The van der Waals surface area contributed by atoms with Crippen LogP contribution in [0, 0.1) is 0 Å². The first kappa shape index (κ1) is 25.6. The van der Waals surface area contributed by atoms with Crippen molar-refractivity contribution in [1.82, 2.24) is 4.98 Å². The molecule has 0 bridgehead atoms. The number of rotatable bonds is 5. The molecule has 1 aliphatic heterocycles. The third-order valence-electron chi connectivity index (χ3n) is 7.67. The Labute approximate surface area is 234 Å². The minimum Gasteiger partial charge on any atom is -0.443 e. The van der Waals surface area contributed by atoms with Crippen LogP contribution in [-0.4, -0.2) is 22.6 Å². The van der Waals surface area contributed by atoms with Crippen molar-refractivity contribution in [3.8, 4) is 0 Å². The second kappa shape index (κ2) is 9.83. The van der Waals surface area contributed by atoms with E-state index in [1.165, 1.54) is 4.90 Å². The Morgan fingerprint density at radius 1 is 0.850 bits per heavy atom. The maximum absolute atomic E-state index is 15.1. The van der Waals surface area contributed by atoms with E-state index < -0.39 is 23.0 Å². The number of ether oxygens (including phenoxy) is 1. The van der Waals surface area contributed by atoms with Gasteiger partial charge in [0, 0.05) is 23.0 Å². The summed E-state index contributed by atoms with van der Waals surface area (Å²) in [7, 11) is 0. The zero-order valence-electron chi connectivity index (χ0n) is 22.9. The van der Waals surface area contributed by atoms with Gasteiger partial charge in [-0.3, -0.25) is 4.79 Å². The summed E-state index contributed by atoms with van der Waals surface area (Å²) in [5.41, 5.74) is 3.51. The van der Waals surface area contributed by atoms with Crippen LogP contribution in [0.15, 0.2) is 115 Å². The molecule has 0 radical (unpaired) electrons. The molecule has 1 aliphatic rings. The average Bonchev–Trinajstić information content (AvgIpc) is 3.47. The van der Waals surface area contributed by atoms with Crippen molar-refractivity contribution in [2.75, 3.05) is 4.90 Å². The lowest BCUT2D eigenvalue weighted by Gasteiger charge is -2.37. The number of fused-ring (bicyclic) bond motifs is 2. The first-order valence-electron chi connectivity index (χ1n) is 13.6. The maximum Gasteiger partial charge on any atom is 0.421 e. The van der Waals surface area contributed by atoms with E-state index in [1.54, 1.807) is 0 Å². The lowest BCUT2D eigenvalue weighted by Crippen LogP contribution is -2.49. The Hall–Kier alpha value is -4.64. The molecule has 4 aromatic carbocycles. The van der Waals surface area contributed by atoms with E-state index >= 15 is 4.79 Å². The van der Waals surface area contributed by atoms with Crippen LogP contribution in [0.2, 0.25) is 0 Å². The van der Waals surface area contributed by atoms with Gasteiger partial charge >= 0.3 is 6.09 Å². The molecule has 2 heterocycles. The van der Waals surface area contributed by atoms with Gasteiger partial charge in [0.2, 0.25) is 5.91 Å². The lowest BCUT2D eigenvalue weighted by molar-refractivity contribution is -0.123. The zero-order valence-corrected chi connectivity index (χ0v) is 22.9. The van der Waals surface area contributed by atoms with Crippen LogP contribution in [0.1, 0.15) is 48.9 Å². The molecule has 1 N–H and O–H groups in total. The second-order valence-electron chi connectivity index (χ2n) is 11.4. The van der Waals surface area contributed by atoms with Crippen molar-refractivity contribution < 1.29 is 14.3 Å². The maximum atomic E-state index is 15.1. The van der Waals surface area contributed by atoms with Crippen molar-refractivity contribution >= 4 is 28.6 Å². The Kier molecular flexibility index (Phi) is 6.30. The van der Waals surface area contributed by atoms with E-state index in [-0.39, 0.29) is 5.91 Å². The first-order chi connectivity index (χ1) is 19.3. The molecule has 0 aliphatic carbocycles. The Balaban J connectivity index is 1.67. The molecule has 2 amide bonds. The van der Waals surface area contributed by atoms with Crippen LogP contribution in [-0.2, 0) is 21.4 Å². The highest BCUT2D eigenvalue weighted by atomic mass is 16.6. The molecule has 5 aromatic rings. The monoisotopic (exact) mass is 528 g/mol. The third kappa shape index (κ3) is 4.28. The highest BCUT2D eigenvalue weighted by molar-refractivity contribution is 6.22. The molecule has 0 unspecified atom stereocenters. The molecule has 0 saturated heterocycles. The number of carbonyl (C=O) groups excluding carboxylic acids is 2. The highest BCUT2D eigenvalue weighted by Gasteiger charge is 2.58. The largest absolute Gasteiger partial charge is 0.443 e. The van der Waals surface area contributed by atoms with Crippen LogP contribution in [0.3, 0.4) is 0 Å². The van der Waals surface area contributed by atoms with Crippen LogP contribution in [0.4, 0.5) is 10.5 Å². The standard InChI is InChI=1S/C35H32N2O3/c1-34(2,3)40-33(39)37-30-21-13-11-19-28(30)35(32(37)38,22-24-14-6-4-7-15-24)31(25-16-8-5-9-17-25)27-23-36-29-20-12-10-18-26(27)29/h4-21,23,31,36H,22H2,1-3H3/t31-,35+/m1/s1. The molecule has 40 heavy (non-hydrogen) atoms. The number of H-pyrrole nitrogens is 1. The summed E-state index contributed by atoms with van der Waals surface area (Å²) in [6.07, 6.45) is 1.76. The Morgan fingerprint density at radius 2 is 1.48 bits per heavy atom. The van der Waals surface area contributed by atoms with E-state index in [0.29, 0.717) is 12.1 Å². The van der Waals surface area contributed by atoms with Crippen molar-refractivity contribution in [2.45, 2.75) is 44.1 Å². The number of aromatic amines is 1. The number of benzene rings is 4. The number of nitrogens with one attached hydrogen (secondary N) is 1. The van der Waals surface area contributed by atoms with Crippen LogP contribution in [0.5, 0.6) is 0 Å². The van der Waals surface area contributed by atoms with Gasteiger partial charge in [-0.15, -0.1) is 0 Å². The molecule has 2 atom stereocenters. The van der Waals surface area contributed by atoms with Gasteiger partial charge in [-0.05, 0) is 61.6 Å². The van der Waals surface area contributed by atoms with Gasteiger partial charge in [0.1, 0.15) is 5.60 Å². The SMILES string of the molecule is CC(C)(C)OC(=O)N1C(=O)[C@](Cc2ccccc2)([C@H](c2ccccc2)c2c[nH]c3ccccc23)c2ccccc21. The molecule has 0 saturated carbocycles. The van der Waals surface area contributed by atoms with Crippen LogP contribution < -0.4 is 4.90 Å². The van der Waals surface area contributed by atoms with E-state index in [1.807, 2.05) is 118 Å². The smallest absolute Gasteiger partial charge is 0.421 e. The fraction of sp³-hybridized carbons (Fsp3) is 0.200. The van der Waals surface area contributed by atoms with Crippen LogP contribution in [0.25, 0.3) is 10.9 Å². The van der Waals surface area contributed by atoms with Crippen molar-refractivity contribution in [2.24, 2.45) is 0 Å². The predicted octanol–water partition coefficient (Wildman–Crippen LogP) is 7.76. The minimum absolute atomic E-state index is 0.286. The van der Waals surface area contributed by atoms with Crippen molar-refractivity contribution in [3.05, 3.63) is 138 Å². The predicted molar refractivity (Wildman–Crippen MR) is 159 cm³/mol. The number of anilines is 1. The van der Waals surface area contributed by atoms with Gasteiger partial charge in [0.05, 0.1) is 11.1 Å². The normalized spacial score (nSPS) is 17.6. The average molecular weight is 529 g/mol. The highest BCUT2D eigenvalue weighted by Crippen LogP contribution is 2.55. The molecule has 5 heteroatoms. The second-order valence-corrected chi connectivity index (χ2v) is 11.4. The number of imide groups is 1. The summed E-state index contributed by atoms with van der Waals surface area (Å²) in [6.45, 7) is 5.44. The summed E-state index contributed by atoms with van der Waals surface area (Å²) < 4.78 is 5.80. The van der Waals surface area contributed by atoms with Gasteiger partial charge in [-0.2, -0.15) is 0 Å². The van der Waals surface area contributed by atoms with Crippen molar-refractivity contribution in [3.63, 3.8) is 0 Å². The van der Waals surface area contributed by atoms with E-state index in [9.17, 15) is 4.79 Å². The fourth-order valence-corrected chi connectivity index (χ4v) is 6.14. The lowest BCUT2D eigenvalue weighted by atomic mass is 9.62. The molecule has 0 fully saturated rings. The fourth-order valence-electron chi connectivity index (χ4n) is 6.14. The van der Waals surface area contributed by atoms with Crippen molar-refractivity contribution in [1.29, 1.82) is 0 Å². The molecule has 200 valence electrons. The van der Waals surface area contributed by atoms with E-state index in [2.05, 4.69) is 23.2 Å². The minimum atomic E-state index is -1.12. The van der Waals surface area contributed by atoms with Gasteiger partial charge in [0.15, 0.2) is 0 Å². The number of nitrogens with zero attached hydrogens (tertiary/aromatic N) is 1. The molecular formula is C35H32N2O3. The summed E-state index contributed by atoms with van der Waals surface area (Å²) in [4.78, 5) is 33.5. The first-order valence-corrected chi connectivity index (χ1v) is 13.6. The Morgan fingerprint density at radius 3 is 2.20 bits per heavy atom. The number of carbonyl (C=O) groups is 2. The van der Waals surface area contributed by atoms with Gasteiger partial charge in [-0.1, -0.05) is 97.1 Å². The molecule has 6 rings (SSSR count). The molecular weight excluding hydrogens is 496 g/mol. The third-order valence-corrected chi connectivity index (χ3v) is 7.67. The van der Waals surface area contributed by atoms with E-state index in [0.717, 1.165) is 33.2 Å². The van der Waals surface area contributed by atoms with Gasteiger partial charge < -0.3 is 9.72 Å². The zero-order chi connectivity index (χ0) is 27.9. The number of hydrogen-bond acceptors (Lipinski definition) is 3. The molecule has 5 nitrogen and oxygen atoms in total. The summed E-state index contributed by atoms with van der Waals surface area (Å²) in [5.74, 6) is -0.683. The molecule has 0 spiro atoms.